The van der Waals surface area contributed by atoms with Crippen LogP contribution in [0.25, 0.3) is 0 Å². The quantitative estimate of drug-likeness (QED) is 0.550. The Bertz CT molecular complexity index is 813. The average Bonchev–Trinajstić information content (AvgIpc) is 2.61. The number of nitrogens with one attached hydrogen (secondary N) is 2. The highest BCUT2D eigenvalue weighted by atomic mass is 16.6. The van der Waals surface area contributed by atoms with Gasteiger partial charge in [-0.05, 0) is 58.0 Å². The second kappa shape index (κ2) is 10.6. The van der Waals surface area contributed by atoms with E-state index in [0.717, 1.165) is 18.8 Å². The Labute approximate surface area is 174 Å². The van der Waals surface area contributed by atoms with Gasteiger partial charge in [0, 0.05) is 25.3 Å². The highest BCUT2D eigenvalue weighted by Crippen LogP contribution is 2.14. The molecule has 0 aromatic heterocycles. The van der Waals surface area contributed by atoms with Crippen LogP contribution < -0.4 is 10.6 Å². The fourth-order valence-corrected chi connectivity index (χ4v) is 2.80. The second-order valence-corrected chi connectivity index (χ2v) is 7.95. The molecule has 1 amide bonds. The first-order valence-corrected chi connectivity index (χ1v) is 9.89. The van der Waals surface area contributed by atoms with Crippen molar-refractivity contribution in [3.05, 3.63) is 65.7 Å². The molecule has 6 nitrogen and oxygen atoms in total. The van der Waals surface area contributed by atoms with Crippen LogP contribution in [0.5, 0.6) is 0 Å². The van der Waals surface area contributed by atoms with Crippen molar-refractivity contribution < 1.29 is 9.53 Å². The molecule has 0 saturated carbocycles. The predicted molar refractivity (Wildman–Crippen MR) is 119 cm³/mol. The van der Waals surface area contributed by atoms with Crippen molar-refractivity contribution in [3.8, 4) is 0 Å². The van der Waals surface area contributed by atoms with Gasteiger partial charge in [0.2, 0.25) is 5.96 Å². The summed E-state index contributed by atoms with van der Waals surface area (Å²) in [5, 5.41) is 6.25. The van der Waals surface area contributed by atoms with Gasteiger partial charge in [0.05, 0.1) is 0 Å². The molecule has 0 fully saturated rings. The van der Waals surface area contributed by atoms with Gasteiger partial charge < -0.3 is 15.4 Å². The molecule has 156 valence electrons. The molecule has 0 unspecified atom stereocenters. The maximum absolute atomic E-state index is 12.0. The largest absolute Gasteiger partial charge is 0.442 e. The molecule has 0 radical (unpaired) electrons. The monoisotopic (exact) mass is 396 g/mol. The molecule has 0 aliphatic carbocycles. The summed E-state index contributed by atoms with van der Waals surface area (Å²) < 4.78 is 5.27. The molecule has 0 spiro atoms. The number of hydrogen-bond donors (Lipinski definition) is 2. The van der Waals surface area contributed by atoms with E-state index in [4.69, 9.17) is 4.74 Å². The van der Waals surface area contributed by atoms with E-state index in [1.807, 2.05) is 45.9 Å². The number of rotatable bonds is 6. The average molecular weight is 397 g/mol. The lowest BCUT2D eigenvalue weighted by atomic mass is 10.1. The summed E-state index contributed by atoms with van der Waals surface area (Å²) in [5.74, 6) is 0.372. The number of nitrogens with zero attached hydrogens (tertiary/aromatic N) is 2. The van der Waals surface area contributed by atoms with Gasteiger partial charge in [-0.2, -0.15) is 0 Å². The van der Waals surface area contributed by atoms with Gasteiger partial charge in [-0.1, -0.05) is 42.5 Å². The van der Waals surface area contributed by atoms with Crippen molar-refractivity contribution in [3.63, 3.8) is 0 Å². The zero-order valence-corrected chi connectivity index (χ0v) is 18.0. The Hall–Kier alpha value is -2.86. The fraction of sp³-hybridized carbons (Fsp3) is 0.391. The predicted octanol–water partition coefficient (Wildman–Crippen LogP) is 4.63. The van der Waals surface area contributed by atoms with Crippen LogP contribution in [0.3, 0.4) is 0 Å². The number of benzene rings is 2. The summed E-state index contributed by atoms with van der Waals surface area (Å²) in [6.45, 7) is 9.71. The SMILES string of the molecule is CCNC(=NC(=O)OC(C)(C)C)Nc1cccc(CN(C)Cc2ccccc2)c1. The van der Waals surface area contributed by atoms with Crippen LogP contribution in [0.2, 0.25) is 0 Å². The minimum absolute atomic E-state index is 0.372. The Balaban J connectivity index is 2.03. The summed E-state index contributed by atoms with van der Waals surface area (Å²) in [4.78, 5) is 18.3. The number of carbonyl (C=O) groups excluding carboxylic acids is 1. The summed E-state index contributed by atoms with van der Waals surface area (Å²) >= 11 is 0. The molecule has 0 aliphatic rings. The third-order valence-electron chi connectivity index (χ3n) is 3.88. The van der Waals surface area contributed by atoms with E-state index < -0.39 is 11.7 Å². The molecular weight excluding hydrogens is 364 g/mol. The van der Waals surface area contributed by atoms with Crippen molar-refractivity contribution in [2.75, 3.05) is 18.9 Å². The van der Waals surface area contributed by atoms with E-state index in [1.165, 1.54) is 11.1 Å². The van der Waals surface area contributed by atoms with Gasteiger partial charge in [0.25, 0.3) is 0 Å². The van der Waals surface area contributed by atoms with Gasteiger partial charge in [-0.15, -0.1) is 4.99 Å². The van der Waals surface area contributed by atoms with E-state index in [-0.39, 0.29) is 0 Å². The van der Waals surface area contributed by atoms with Crippen LogP contribution in [0.15, 0.2) is 59.6 Å². The highest BCUT2D eigenvalue weighted by Gasteiger charge is 2.16. The van der Waals surface area contributed by atoms with E-state index in [0.29, 0.717) is 12.5 Å². The lowest BCUT2D eigenvalue weighted by Gasteiger charge is -2.19. The molecule has 2 aromatic rings. The normalized spacial score (nSPS) is 12.0. The van der Waals surface area contributed by atoms with E-state index in [9.17, 15) is 4.79 Å². The van der Waals surface area contributed by atoms with Gasteiger partial charge in [-0.25, -0.2) is 4.79 Å². The molecule has 0 bridgehead atoms. The fourth-order valence-electron chi connectivity index (χ4n) is 2.80. The zero-order chi connectivity index (χ0) is 21.3. The molecule has 2 N–H and O–H groups in total. The summed E-state index contributed by atoms with van der Waals surface area (Å²) in [5.41, 5.74) is 2.73. The number of guanidine groups is 1. The molecule has 2 rings (SSSR count). The van der Waals surface area contributed by atoms with Crippen molar-refractivity contribution in [2.24, 2.45) is 4.99 Å². The van der Waals surface area contributed by atoms with Crippen LogP contribution in [0.1, 0.15) is 38.8 Å². The number of hydrogen-bond acceptors (Lipinski definition) is 3. The third kappa shape index (κ3) is 8.79. The molecule has 0 atom stereocenters. The van der Waals surface area contributed by atoms with Crippen molar-refractivity contribution in [2.45, 2.75) is 46.4 Å². The Morgan fingerprint density at radius 1 is 1.03 bits per heavy atom. The highest BCUT2D eigenvalue weighted by molar-refractivity contribution is 5.99. The second-order valence-electron chi connectivity index (χ2n) is 7.95. The number of aliphatic imine (C=N–C) groups is 1. The smallest absolute Gasteiger partial charge is 0.437 e. The molecule has 2 aromatic carbocycles. The Morgan fingerprint density at radius 3 is 2.34 bits per heavy atom. The lowest BCUT2D eigenvalue weighted by Crippen LogP contribution is -2.32. The summed E-state index contributed by atoms with van der Waals surface area (Å²) in [6.07, 6.45) is -0.625. The Morgan fingerprint density at radius 2 is 1.69 bits per heavy atom. The maximum atomic E-state index is 12.0. The topological polar surface area (TPSA) is 66.0 Å². The molecule has 6 heteroatoms. The van der Waals surface area contributed by atoms with Crippen LogP contribution in [-0.4, -0.2) is 36.1 Å². The van der Waals surface area contributed by atoms with Crippen molar-refractivity contribution in [1.82, 2.24) is 10.2 Å². The van der Waals surface area contributed by atoms with Crippen LogP contribution in [-0.2, 0) is 17.8 Å². The number of ether oxygens (including phenoxy) is 1. The van der Waals surface area contributed by atoms with E-state index >= 15 is 0 Å². The maximum Gasteiger partial charge on any atom is 0.437 e. The molecule has 0 heterocycles. The first-order valence-electron chi connectivity index (χ1n) is 9.89. The molecule has 0 aliphatic heterocycles. The number of anilines is 1. The number of amides is 1. The minimum Gasteiger partial charge on any atom is -0.442 e. The summed E-state index contributed by atoms with van der Waals surface area (Å²) in [7, 11) is 2.10. The summed E-state index contributed by atoms with van der Waals surface area (Å²) in [6, 6.07) is 18.5. The standard InChI is InChI=1S/C23H32N4O2/c1-6-24-21(26-22(28)29-23(2,3)4)25-20-14-10-13-19(15-20)17-27(5)16-18-11-8-7-9-12-18/h7-15H,6,16-17H2,1-5H3,(H2,24,25,26,28). The van der Waals surface area contributed by atoms with Gasteiger partial charge in [0.15, 0.2) is 0 Å². The Kier molecular flexibility index (Phi) is 8.21. The van der Waals surface area contributed by atoms with E-state index in [2.05, 4.69) is 64.0 Å². The van der Waals surface area contributed by atoms with Crippen molar-refractivity contribution in [1.29, 1.82) is 0 Å². The van der Waals surface area contributed by atoms with E-state index in [1.54, 1.807) is 0 Å². The zero-order valence-electron chi connectivity index (χ0n) is 18.0. The first-order chi connectivity index (χ1) is 13.7. The molecule has 29 heavy (non-hydrogen) atoms. The molecular formula is C23H32N4O2. The van der Waals surface area contributed by atoms with Gasteiger partial charge in [-0.3, -0.25) is 4.90 Å². The minimum atomic E-state index is -0.625. The van der Waals surface area contributed by atoms with Gasteiger partial charge in [0.1, 0.15) is 5.60 Å². The van der Waals surface area contributed by atoms with Crippen molar-refractivity contribution >= 4 is 17.7 Å². The number of carbonyl (C=O) groups is 1. The van der Waals surface area contributed by atoms with Crippen LogP contribution >= 0.6 is 0 Å². The van der Waals surface area contributed by atoms with Crippen LogP contribution in [0, 0.1) is 0 Å². The molecule has 0 saturated heterocycles. The third-order valence-corrected chi connectivity index (χ3v) is 3.88. The lowest BCUT2D eigenvalue weighted by molar-refractivity contribution is 0.0604. The van der Waals surface area contributed by atoms with Crippen LogP contribution in [0.4, 0.5) is 10.5 Å². The first kappa shape index (κ1) is 22.4. The van der Waals surface area contributed by atoms with Gasteiger partial charge >= 0.3 is 6.09 Å².